The lowest BCUT2D eigenvalue weighted by Crippen LogP contribution is -2.25. The van der Waals surface area contributed by atoms with Gasteiger partial charge in [0.2, 0.25) is 0 Å². The molecule has 0 N–H and O–H groups in total. The van der Waals surface area contributed by atoms with E-state index in [0.29, 0.717) is 18.2 Å². The summed E-state index contributed by atoms with van der Waals surface area (Å²) >= 11 is 1.41. The van der Waals surface area contributed by atoms with Gasteiger partial charge in [0.05, 0.1) is 5.69 Å². The molecule has 0 bridgehead atoms. The minimum Gasteiger partial charge on any atom is -0.492 e. The van der Waals surface area contributed by atoms with Gasteiger partial charge < -0.3 is 4.74 Å². The lowest BCUT2D eigenvalue weighted by molar-refractivity contribution is 0.218. The summed E-state index contributed by atoms with van der Waals surface area (Å²) in [5.74, 6) is 0.963. The second-order valence-electron chi connectivity index (χ2n) is 5.47. The fraction of sp³-hybridized carbons (Fsp3) is 0.400. The number of thiazole rings is 1. The first kappa shape index (κ1) is 15.5. The first-order chi connectivity index (χ1) is 10.5. The number of hydrogen-bond donors (Lipinski definition) is 0. The molecule has 1 aromatic heterocycles. The van der Waals surface area contributed by atoms with E-state index in [4.69, 9.17) is 4.74 Å². The van der Waals surface area contributed by atoms with Crippen molar-refractivity contribution in [3.8, 4) is 5.75 Å². The molecule has 1 aliphatic rings. The molecule has 0 saturated heterocycles. The summed E-state index contributed by atoms with van der Waals surface area (Å²) in [5, 5.41) is 2.60. The Morgan fingerprint density at radius 2 is 2.18 bits per heavy atom. The van der Waals surface area contributed by atoms with E-state index in [0.717, 1.165) is 24.5 Å². The largest absolute Gasteiger partial charge is 0.492 e. The van der Waals surface area contributed by atoms with E-state index < -0.39 is 9.84 Å². The van der Waals surface area contributed by atoms with Crippen LogP contribution >= 0.6 is 11.3 Å². The standard InChI is InChI=1S/C15H18N2O3S2/c1-22(18,19)11-15-16-13(10-21-15)9-17-6-7-20-14-5-3-2-4-12(14)8-17/h2-5,10H,6-9,11H2,1H3. The van der Waals surface area contributed by atoms with E-state index in [9.17, 15) is 8.42 Å². The molecule has 22 heavy (non-hydrogen) atoms. The lowest BCUT2D eigenvalue weighted by Gasteiger charge is -2.17. The number of rotatable bonds is 4. The SMILES string of the molecule is CS(=O)(=O)Cc1nc(CN2CCOc3ccccc3C2)cs1. The molecule has 7 heteroatoms. The van der Waals surface area contributed by atoms with Gasteiger partial charge in [-0.2, -0.15) is 0 Å². The number of sulfone groups is 1. The Hall–Kier alpha value is -1.44. The quantitative estimate of drug-likeness (QED) is 0.854. The maximum absolute atomic E-state index is 11.3. The fourth-order valence-electron chi connectivity index (χ4n) is 2.46. The van der Waals surface area contributed by atoms with Crippen molar-refractivity contribution in [1.29, 1.82) is 0 Å². The Morgan fingerprint density at radius 3 is 3.00 bits per heavy atom. The molecule has 0 atom stereocenters. The van der Waals surface area contributed by atoms with E-state index in [1.165, 1.54) is 23.2 Å². The summed E-state index contributed by atoms with van der Waals surface area (Å²) in [6, 6.07) is 8.06. The van der Waals surface area contributed by atoms with Crippen molar-refractivity contribution in [2.75, 3.05) is 19.4 Å². The van der Waals surface area contributed by atoms with Crippen molar-refractivity contribution in [3.63, 3.8) is 0 Å². The van der Waals surface area contributed by atoms with Gasteiger partial charge in [0, 0.05) is 36.8 Å². The zero-order chi connectivity index (χ0) is 15.6. The summed E-state index contributed by atoms with van der Waals surface area (Å²) in [7, 11) is -3.03. The highest BCUT2D eigenvalue weighted by Crippen LogP contribution is 2.23. The van der Waals surface area contributed by atoms with E-state index in [1.807, 2.05) is 23.6 Å². The van der Waals surface area contributed by atoms with Crippen LogP contribution in [-0.4, -0.2) is 37.7 Å². The first-order valence-corrected chi connectivity index (χ1v) is 9.98. The van der Waals surface area contributed by atoms with Gasteiger partial charge in [-0.3, -0.25) is 4.90 Å². The van der Waals surface area contributed by atoms with Gasteiger partial charge >= 0.3 is 0 Å². The maximum Gasteiger partial charge on any atom is 0.153 e. The molecule has 118 valence electrons. The second-order valence-corrected chi connectivity index (χ2v) is 8.55. The number of aromatic nitrogens is 1. The molecule has 0 unspecified atom stereocenters. The molecule has 0 saturated carbocycles. The van der Waals surface area contributed by atoms with Crippen LogP contribution in [0, 0.1) is 0 Å². The normalized spacial score (nSPS) is 15.9. The van der Waals surface area contributed by atoms with Gasteiger partial charge in [-0.1, -0.05) is 18.2 Å². The maximum atomic E-state index is 11.3. The third kappa shape index (κ3) is 4.06. The van der Waals surface area contributed by atoms with Crippen molar-refractivity contribution in [3.05, 3.63) is 45.9 Å². The number of nitrogens with zero attached hydrogens (tertiary/aromatic N) is 2. The predicted octanol–water partition coefficient (Wildman–Crippen LogP) is 2.08. The van der Waals surface area contributed by atoms with Crippen molar-refractivity contribution < 1.29 is 13.2 Å². The third-order valence-corrected chi connectivity index (χ3v) is 5.28. The van der Waals surface area contributed by atoms with Gasteiger partial charge in [-0.15, -0.1) is 11.3 Å². The van der Waals surface area contributed by atoms with Crippen molar-refractivity contribution in [2.24, 2.45) is 0 Å². The Bertz CT molecular complexity index is 756. The number of para-hydroxylation sites is 1. The molecule has 2 aromatic rings. The van der Waals surface area contributed by atoms with E-state index in [-0.39, 0.29) is 5.75 Å². The van der Waals surface area contributed by atoms with Gasteiger partial charge in [-0.05, 0) is 6.07 Å². The van der Waals surface area contributed by atoms with Crippen LogP contribution in [0.15, 0.2) is 29.6 Å². The Morgan fingerprint density at radius 1 is 1.36 bits per heavy atom. The Balaban J connectivity index is 1.69. The first-order valence-electron chi connectivity index (χ1n) is 7.04. The van der Waals surface area contributed by atoms with Gasteiger partial charge in [0.1, 0.15) is 23.1 Å². The van der Waals surface area contributed by atoms with Crippen LogP contribution in [0.3, 0.4) is 0 Å². The molecule has 0 amide bonds. The molecule has 0 spiro atoms. The summed E-state index contributed by atoms with van der Waals surface area (Å²) in [5.41, 5.74) is 2.09. The van der Waals surface area contributed by atoms with E-state index >= 15 is 0 Å². The molecule has 5 nitrogen and oxygen atoms in total. The number of fused-ring (bicyclic) bond motifs is 1. The van der Waals surface area contributed by atoms with Crippen molar-refractivity contribution >= 4 is 21.2 Å². The molecular weight excluding hydrogens is 320 g/mol. The topological polar surface area (TPSA) is 59.5 Å². The predicted molar refractivity (Wildman–Crippen MR) is 86.7 cm³/mol. The zero-order valence-electron chi connectivity index (χ0n) is 12.4. The van der Waals surface area contributed by atoms with Crippen molar-refractivity contribution in [1.82, 2.24) is 9.88 Å². The van der Waals surface area contributed by atoms with Crippen LogP contribution in [-0.2, 0) is 28.7 Å². The summed E-state index contributed by atoms with van der Waals surface area (Å²) in [6.07, 6.45) is 1.23. The molecule has 0 fully saturated rings. The van der Waals surface area contributed by atoms with Gasteiger partial charge in [0.15, 0.2) is 9.84 Å². The molecule has 2 heterocycles. The molecule has 1 aliphatic heterocycles. The highest BCUT2D eigenvalue weighted by atomic mass is 32.2. The number of ether oxygens (including phenoxy) is 1. The minimum absolute atomic E-state index is 0.0175. The average molecular weight is 338 g/mol. The minimum atomic E-state index is -3.03. The monoisotopic (exact) mass is 338 g/mol. The molecular formula is C15H18N2O3S2. The van der Waals surface area contributed by atoms with Gasteiger partial charge in [0.25, 0.3) is 0 Å². The van der Waals surface area contributed by atoms with Crippen LogP contribution in [0.2, 0.25) is 0 Å². The van der Waals surface area contributed by atoms with Crippen molar-refractivity contribution in [2.45, 2.75) is 18.8 Å². The summed E-state index contributed by atoms with van der Waals surface area (Å²) in [4.78, 5) is 6.70. The van der Waals surface area contributed by atoms with Crippen LogP contribution in [0.25, 0.3) is 0 Å². The van der Waals surface area contributed by atoms with Crippen LogP contribution in [0.5, 0.6) is 5.75 Å². The van der Waals surface area contributed by atoms with Crippen LogP contribution < -0.4 is 4.74 Å². The average Bonchev–Trinajstić information content (AvgIpc) is 2.75. The van der Waals surface area contributed by atoms with Crippen LogP contribution in [0.1, 0.15) is 16.3 Å². The molecule has 0 radical (unpaired) electrons. The van der Waals surface area contributed by atoms with E-state index in [2.05, 4.69) is 16.0 Å². The lowest BCUT2D eigenvalue weighted by atomic mass is 10.2. The Labute approximate surface area is 134 Å². The highest BCUT2D eigenvalue weighted by Gasteiger charge is 2.16. The zero-order valence-corrected chi connectivity index (χ0v) is 14.0. The number of hydrogen-bond acceptors (Lipinski definition) is 6. The third-order valence-electron chi connectivity index (χ3n) is 3.40. The molecule has 0 aliphatic carbocycles. The molecule has 1 aromatic carbocycles. The second kappa shape index (κ2) is 6.36. The molecule has 3 rings (SSSR count). The Kier molecular flexibility index (Phi) is 4.46. The number of benzene rings is 1. The van der Waals surface area contributed by atoms with Crippen LogP contribution in [0.4, 0.5) is 0 Å². The summed E-state index contributed by atoms with van der Waals surface area (Å²) in [6.45, 7) is 3.00. The van der Waals surface area contributed by atoms with Gasteiger partial charge in [-0.25, -0.2) is 13.4 Å². The highest BCUT2D eigenvalue weighted by molar-refractivity contribution is 7.90. The smallest absolute Gasteiger partial charge is 0.153 e. The summed E-state index contributed by atoms with van der Waals surface area (Å²) < 4.78 is 28.4. The fourth-order valence-corrected chi connectivity index (χ4v) is 4.45. The van der Waals surface area contributed by atoms with E-state index in [1.54, 1.807) is 0 Å².